The van der Waals surface area contributed by atoms with Crippen molar-refractivity contribution in [2.24, 2.45) is 0 Å². The van der Waals surface area contributed by atoms with Gasteiger partial charge in [0.25, 0.3) is 0 Å². The molecule has 90 valence electrons. The van der Waals surface area contributed by atoms with Crippen LogP contribution in [0.15, 0.2) is 16.6 Å². The number of carboxylic acids is 2. The number of rotatable bonds is 3. The van der Waals surface area contributed by atoms with Crippen LogP contribution in [0.5, 0.6) is 5.75 Å². The Hall–Kier alpha value is -1.89. The third kappa shape index (κ3) is 3.04. The zero-order chi connectivity index (χ0) is 13.2. The van der Waals surface area contributed by atoms with E-state index in [1.807, 2.05) is 0 Å². The van der Waals surface area contributed by atoms with Gasteiger partial charge < -0.3 is 14.9 Å². The molecule has 6 nitrogen and oxygen atoms in total. The minimum atomic E-state index is -1.38. The van der Waals surface area contributed by atoms with E-state index in [0.717, 1.165) is 19.1 Å². The number of carboxylic acid groups (broad SMARTS) is 2. The molecular weight excluding hydrogens is 296 g/mol. The van der Waals surface area contributed by atoms with E-state index in [9.17, 15) is 14.4 Å². The molecular formula is C10H7BrO6. The molecule has 0 aliphatic heterocycles. The number of hydrogen-bond acceptors (Lipinski definition) is 4. The molecule has 0 radical (unpaired) electrons. The molecule has 0 aromatic heterocycles. The highest BCUT2D eigenvalue weighted by molar-refractivity contribution is 9.10. The van der Waals surface area contributed by atoms with Gasteiger partial charge in [0, 0.05) is 6.92 Å². The average Bonchev–Trinajstić information content (AvgIpc) is 2.19. The van der Waals surface area contributed by atoms with Crippen molar-refractivity contribution in [3.63, 3.8) is 0 Å². The Balaban J connectivity index is 3.43. The number of carbonyl (C=O) groups is 3. The van der Waals surface area contributed by atoms with Crippen molar-refractivity contribution in [3.8, 4) is 5.75 Å². The van der Waals surface area contributed by atoms with E-state index in [1.165, 1.54) is 0 Å². The number of hydrogen-bond donors (Lipinski definition) is 2. The molecule has 0 fully saturated rings. The summed E-state index contributed by atoms with van der Waals surface area (Å²) in [7, 11) is 0. The standard InChI is InChI=1S/C10H7BrO6/c1-4(12)17-8-6(10(15)16)2-5(9(13)14)3-7(8)11/h2-3H,1H3,(H,13,14)(H,15,16). The lowest BCUT2D eigenvalue weighted by molar-refractivity contribution is -0.131. The van der Waals surface area contributed by atoms with Crippen LogP contribution in [0.25, 0.3) is 0 Å². The van der Waals surface area contributed by atoms with Gasteiger partial charge in [-0.15, -0.1) is 0 Å². The zero-order valence-electron chi connectivity index (χ0n) is 8.56. The second-order valence-electron chi connectivity index (χ2n) is 3.04. The minimum Gasteiger partial charge on any atom is -0.478 e. The molecule has 0 atom stereocenters. The fraction of sp³-hybridized carbons (Fsp3) is 0.100. The molecule has 0 saturated heterocycles. The maximum atomic E-state index is 10.9. The minimum absolute atomic E-state index is 0.0880. The van der Waals surface area contributed by atoms with Gasteiger partial charge in [-0.05, 0) is 28.1 Å². The summed E-state index contributed by atoms with van der Waals surface area (Å²) in [4.78, 5) is 32.5. The van der Waals surface area contributed by atoms with E-state index < -0.39 is 23.5 Å². The van der Waals surface area contributed by atoms with Gasteiger partial charge in [-0.25, -0.2) is 9.59 Å². The van der Waals surface area contributed by atoms with Gasteiger partial charge in [-0.2, -0.15) is 0 Å². The Morgan fingerprint density at radius 1 is 1.18 bits per heavy atom. The number of halogens is 1. The highest BCUT2D eigenvalue weighted by Crippen LogP contribution is 2.31. The quantitative estimate of drug-likeness (QED) is 0.652. The summed E-state index contributed by atoms with van der Waals surface area (Å²) in [5.41, 5.74) is -0.614. The van der Waals surface area contributed by atoms with Crippen molar-refractivity contribution < 1.29 is 29.3 Å². The van der Waals surface area contributed by atoms with Gasteiger partial charge in [0.1, 0.15) is 5.56 Å². The summed E-state index contributed by atoms with van der Waals surface area (Å²) in [6, 6.07) is 2.08. The van der Waals surface area contributed by atoms with E-state index in [0.29, 0.717) is 0 Å². The Morgan fingerprint density at radius 2 is 1.76 bits per heavy atom. The summed E-state index contributed by atoms with van der Waals surface area (Å²) in [5.74, 6) is -3.57. The molecule has 2 N–H and O–H groups in total. The van der Waals surface area contributed by atoms with Crippen LogP contribution >= 0.6 is 15.9 Å². The highest BCUT2D eigenvalue weighted by atomic mass is 79.9. The van der Waals surface area contributed by atoms with Gasteiger partial charge in [0.15, 0.2) is 5.75 Å². The molecule has 1 aromatic carbocycles. The van der Waals surface area contributed by atoms with Crippen LogP contribution in [-0.2, 0) is 4.79 Å². The molecule has 17 heavy (non-hydrogen) atoms. The van der Waals surface area contributed by atoms with Crippen molar-refractivity contribution >= 4 is 33.8 Å². The fourth-order valence-corrected chi connectivity index (χ4v) is 1.66. The topological polar surface area (TPSA) is 101 Å². The second kappa shape index (κ2) is 4.96. The van der Waals surface area contributed by atoms with Crippen LogP contribution in [0, 0.1) is 0 Å². The first-order valence-electron chi connectivity index (χ1n) is 4.31. The number of esters is 1. The maximum Gasteiger partial charge on any atom is 0.339 e. The second-order valence-corrected chi connectivity index (χ2v) is 3.89. The predicted octanol–water partition coefficient (Wildman–Crippen LogP) is 1.77. The Kier molecular flexibility index (Phi) is 3.84. The molecule has 7 heteroatoms. The van der Waals surface area contributed by atoms with Crippen LogP contribution in [-0.4, -0.2) is 28.1 Å². The van der Waals surface area contributed by atoms with Crippen molar-refractivity contribution in [2.75, 3.05) is 0 Å². The van der Waals surface area contributed by atoms with Crippen molar-refractivity contribution in [3.05, 3.63) is 27.7 Å². The molecule has 0 spiro atoms. The molecule has 0 bridgehead atoms. The van der Waals surface area contributed by atoms with Gasteiger partial charge in [0.2, 0.25) is 0 Å². The summed E-state index contributed by atoms with van der Waals surface area (Å²) in [6.45, 7) is 1.11. The summed E-state index contributed by atoms with van der Waals surface area (Å²) < 4.78 is 4.80. The molecule has 1 aromatic rings. The smallest absolute Gasteiger partial charge is 0.339 e. The molecule has 0 aliphatic carbocycles. The van der Waals surface area contributed by atoms with Crippen LogP contribution < -0.4 is 4.74 Å². The predicted molar refractivity (Wildman–Crippen MR) is 59.4 cm³/mol. The molecule has 0 aliphatic rings. The first-order valence-corrected chi connectivity index (χ1v) is 5.10. The van der Waals surface area contributed by atoms with Crippen LogP contribution in [0.3, 0.4) is 0 Å². The Labute approximate surface area is 104 Å². The Bertz CT molecular complexity index is 508. The fourth-order valence-electron chi connectivity index (χ4n) is 1.12. The number of benzene rings is 1. The van der Waals surface area contributed by atoms with E-state index in [4.69, 9.17) is 14.9 Å². The summed E-state index contributed by atoms with van der Waals surface area (Å²) >= 11 is 2.96. The SMILES string of the molecule is CC(=O)Oc1c(Br)cc(C(=O)O)cc1C(=O)O. The largest absolute Gasteiger partial charge is 0.478 e. The van der Waals surface area contributed by atoms with Gasteiger partial charge in [-0.3, -0.25) is 4.79 Å². The van der Waals surface area contributed by atoms with Gasteiger partial charge in [0.05, 0.1) is 10.0 Å². The number of ether oxygens (including phenoxy) is 1. The van der Waals surface area contributed by atoms with Crippen molar-refractivity contribution in [1.29, 1.82) is 0 Å². The van der Waals surface area contributed by atoms with Crippen molar-refractivity contribution in [1.82, 2.24) is 0 Å². The van der Waals surface area contributed by atoms with Crippen molar-refractivity contribution in [2.45, 2.75) is 6.92 Å². The van der Waals surface area contributed by atoms with Crippen LogP contribution in [0.1, 0.15) is 27.6 Å². The van der Waals surface area contributed by atoms with E-state index in [1.54, 1.807) is 0 Å². The third-order valence-corrected chi connectivity index (χ3v) is 2.36. The van der Waals surface area contributed by atoms with E-state index in [2.05, 4.69) is 15.9 Å². The average molecular weight is 303 g/mol. The summed E-state index contributed by atoms with van der Waals surface area (Å²) in [5, 5.41) is 17.7. The first-order chi connectivity index (χ1) is 7.82. The molecule has 1 rings (SSSR count). The third-order valence-electron chi connectivity index (χ3n) is 1.77. The maximum absolute atomic E-state index is 10.9. The molecule has 0 unspecified atom stereocenters. The zero-order valence-corrected chi connectivity index (χ0v) is 10.1. The van der Waals surface area contributed by atoms with E-state index in [-0.39, 0.29) is 15.8 Å². The Morgan fingerprint density at radius 3 is 2.18 bits per heavy atom. The molecule has 0 heterocycles. The molecule has 0 saturated carbocycles. The lowest BCUT2D eigenvalue weighted by atomic mass is 10.1. The van der Waals surface area contributed by atoms with E-state index >= 15 is 0 Å². The highest BCUT2D eigenvalue weighted by Gasteiger charge is 2.20. The van der Waals surface area contributed by atoms with Gasteiger partial charge in [-0.1, -0.05) is 0 Å². The van der Waals surface area contributed by atoms with Gasteiger partial charge >= 0.3 is 17.9 Å². The lowest BCUT2D eigenvalue weighted by Crippen LogP contribution is -2.10. The van der Waals surface area contributed by atoms with Crippen LogP contribution in [0.4, 0.5) is 0 Å². The van der Waals surface area contributed by atoms with Crippen LogP contribution in [0.2, 0.25) is 0 Å². The first kappa shape index (κ1) is 13.2. The molecule has 0 amide bonds. The normalized spacial score (nSPS) is 9.76. The number of carbonyl (C=O) groups excluding carboxylic acids is 1. The monoisotopic (exact) mass is 302 g/mol. The summed E-state index contributed by atoms with van der Waals surface area (Å²) in [6.07, 6.45) is 0. The lowest BCUT2D eigenvalue weighted by Gasteiger charge is -2.09. The number of aromatic carboxylic acids is 2.